The molecule has 35 heavy (non-hydrogen) atoms. The number of hydrogen-bond acceptors (Lipinski definition) is 6. The van der Waals surface area contributed by atoms with Crippen LogP contribution >= 0.6 is 0 Å². The van der Waals surface area contributed by atoms with E-state index in [-0.39, 0.29) is 6.61 Å². The molecular formula is C27H30N4O4. The van der Waals surface area contributed by atoms with E-state index in [0.29, 0.717) is 17.5 Å². The summed E-state index contributed by atoms with van der Waals surface area (Å²) in [5.41, 5.74) is 3.26. The quantitative estimate of drug-likeness (QED) is 0.295. The van der Waals surface area contributed by atoms with Crippen molar-refractivity contribution in [3.63, 3.8) is 0 Å². The van der Waals surface area contributed by atoms with E-state index in [0.717, 1.165) is 46.8 Å². The second-order valence-electron chi connectivity index (χ2n) is 9.42. The Bertz CT molecular complexity index is 1270. The Morgan fingerprint density at radius 3 is 2.49 bits per heavy atom. The predicted octanol–water partition coefficient (Wildman–Crippen LogP) is 5.87. The van der Waals surface area contributed by atoms with Gasteiger partial charge in [0.2, 0.25) is 0 Å². The number of nitrogens with one attached hydrogen (secondary N) is 1. The number of carbonyl (C=O) groups is 1. The van der Waals surface area contributed by atoms with Crippen LogP contribution in [-0.2, 0) is 11.2 Å². The molecule has 8 heteroatoms. The number of benzene rings is 1. The Morgan fingerprint density at radius 2 is 1.83 bits per heavy atom. The van der Waals surface area contributed by atoms with E-state index in [1.807, 2.05) is 36.4 Å². The molecule has 1 aromatic carbocycles. The van der Waals surface area contributed by atoms with Gasteiger partial charge in [0.05, 0.1) is 23.0 Å². The standard InChI is InChI=1S/C27H30N4O4/c1-5-17(2)12-23-24(30-16-35-23)22-14-29-25(31-22)19-8-11-21(28-13-19)18-6-9-20(10-7-18)34-15-27(3,4)26(32)33/h6-11,13-14,16-17H,5,12,15H2,1-4H3,(H,29,31)(H,32,33). The lowest BCUT2D eigenvalue weighted by molar-refractivity contribution is -0.148. The molecule has 0 radical (unpaired) electrons. The highest BCUT2D eigenvalue weighted by Gasteiger charge is 2.28. The van der Waals surface area contributed by atoms with Crippen LogP contribution in [0.4, 0.5) is 0 Å². The number of hydrogen-bond donors (Lipinski definition) is 2. The Hall–Kier alpha value is -3.94. The molecule has 0 aliphatic carbocycles. The Labute approximate surface area is 204 Å². The Balaban J connectivity index is 1.44. The van der Waals surface area contributed by atoms with Gasteiger partial charge in [-0.1, -0.05) is 20.3 Å². The van der Waals surface area contributed by atoms with Crippen LogP contribution in [0.2, 0.25) is 0 Å². The second kappa shape index (κ2) is 10.1. The fraction of sp³-hybridized carbons (Fsp3) is 0.333. The van der Waals surface area contributed by atoms with E-state index in [2.05, 4.69) is 33.8 Å². The second-order valence-corrected chi connectivity index (χ2v) is 9.42. The normalized spacial score (nSPS) is 12.5. The van der Waals surface area contributed by atoms with Crippen molar-refractivity contribution in [3.05, 3.63) is 60.9 Å². The third-order valence-electron chi connectivity index (χ3n) is 6.07. The number of nitrogens with zero attached hydrogens (tertiary/aromatic N) is 3. The first kappa shape index (κ1) is 24.2. The first-order valence-corrected chi connectivity index (χ1v) is 11.7. The molecule has 0 saturated carbocycles. The molecule has 0 amide bonds. The van der Waals surface area contributed by atoms with E-state index >= 15 is 0 Å². The number of H-pyrrole nitrogens is 1. The van der Waals surface area contributed by atoms with Crippen molar-refractivity contribution >= 4 is 5.97 Å². The van der Waals surface area contributed by atoms with Crippen molar-refractivity contribution < 1.29 is 19.1 Å². The van der Waals surface area contributed by atoms with Crippen molar-refractivity contribution in [1.82, 2.24) is 19.9 Å². The molecule has 1 unspecified atom stereocenters. The zero-order valence-corrected chi connectivity index (χ0v) is 20.4. The Morgan fingerprint density at radius 1 is 1.09 bits per heavy atom. The monoisotopic (exact) mass is 474 g/mol. The average Bonchev–Trinajstić information content (AvgIpc) is 3.53. The molecule has 3 heterocycles. The number of oxazole rings is 1. The van der Waals surface area contributed by atoms with Crippen LogP contribution in [0.5, 0.6) is 5.75 Å². The lowest BCUT2D eigenvalue weighted by Gasteiger charge is -2.19. The lowest BCUT2D eigenvalue weighted by Crippen LogP contribution is -2.30. The van der Waals surface area contributed by atoms with Gasteiger partial charge >= 0.3 is 5.97 Å². The summed E-state index contributed by atoms with van der Waals surface area (Å²) < 4.78 is 11.3. The molecule has 2 N–H and O–H groups in total. The molecular weight excluding hydrogens is 444 g/mol. The fourth-order valence-corrected chi connectivity index (χ4v) is 3.44. The van der Waals surface area contributed by atoms with Gasteiger partial charge in [-0.3, -0.25) is 9.78 Å². The number of pyridine rings is 1. The minimum atomic E-state index is -0.953. The Kier molecular flexibility index (Phi) is 7.00. The number of aromatic amines is 1. The molecule has 182 valence electrons. The van der Waals surface area contributed by atoms with Crippen molar-refractivity contribution in [1.29, 1.82) is 0 Å². The molecule has 1 atom stereocenters. The maximum Gasteiger partial charge on any atom is 0.312 e. The van der Waals surface area contributed by atoms with Gasteiger partial charge in [0.1, 0.15) is 29.6 Å². The minimum absolute atomic E-state index is 0.0905. The zero-order chi connectivity index (χ0) is 25.0. The van der Waals surface area contributed by atoms with Crippen LogP contribution in [0.3, 0.4) is 0 Å². The molecule has 0 aliphatic rings. The molecule has 8 nitrogen and oxygen atoms in total. The SMILES string of the molecule is CCC(C)Cc1ocnc1-c1cnc(-c2ccc(-c3ccc(OCC(C)(C)C(=O)O)cc3)nc2)[nH]1. The van der Waals surface area contributed by atoms with Gasteiger partial charge in [-0.15, -0.1) is 0 Å². The molecule has 0 bridgehead atoms. The van der Waals surface area contributed by atoms with Crippen LogP contribution in [0.25, 0.3) is 34.0 Å². The summed E-state index contributed by atoms with van der Waals surface area (Å²) in [5, 5.41) is 9.22. The first-order chi connectivity index (χ1) is 16.8. The van der Waals surface area contributed by atoms with E-state index in [4.69, 9.17) is 9.15 Å². The summed E-state index contributed by atoms with van der Waals surface area (Å²) in [6.45, 7) is 7.71. The van der Waals surface area contributed by atoms with Crippen molar-refractivity contribution in [2.75, 3.05) is 6.61 Å². The summed E-state index contributed by atoms with van der Waals surface area (Å²) in [5.74, 6) is 1.80. The fourth-order valence-electron chi connectivity index (χ4n) is 3.44. The van der Waals surface area contributed by atoms with E-state index < -0.39 is 11.4 Å². The topological polar surface area (TPSA) is 114 Å². The van der Waals surface area contributed by atoms with E-state index in [1.165, 1.54) is 6.39 Å². The first-order valence-electron chi connectivity index (χ1n) is 11.7. The van der Waals surface area contributed by atoms with E-state index in [1.54, 1.807) is 26.2 Å². The predicted molar refractivity (Wildman–Crippen MR) is 133 cm³/mol. The minimum Gasteiger partial charge on any atom is -0.492 e. The van der Waals surface area contributed by atoms with Crippen LogP contribution in [0.1, 0.15) is 39.9 Å². The number of rotatable bonds is 10. The molecule has 0 fully saturated rings. The largest absolute Gasteiger partial charge is 0.492 e. The van der Waals surface area contributed by atoms with Gasteiger partial charge in [-0.2, -0.15) is 0 Å². The molecule has 0 saturated heterocycles. The van der Waals surface area contributed by atoms with Crippen LogP contribution in [0.15, 0.2) is 59.6 Å². The van der Waals surface area contributed by atoms with Crippen molar-refractivity contribution in [2.24, 2.45) is 11.3 Å². The molecule has 4 aromatic rings. The van der Waals surface area contributed by atoms with Gasteiger partial charge in [0, 0.05) is 23.7 Å². The maximum atomic E-state index is 11.2. The number of aliphatic carboxylic acids is 1. The van der Waals surface area contributed by atoms with Crippen molar-refractivity contribution in [2.45, 2.75) is 40.5 Å². The van der Waals surface area contributed by atoms with Crippen LogP contribution in [0, 0.1) is 11.3 Å². The highest BCUT2D eigenvalue weighted by atomic mass is 16.5. The van der Waals surface area contributed by atoms with Gasteiger partial charge in [0.25, 0.3) is 0 Å². The van der Waals surface area contributed by atoms with Crippen molar-refractivity contribution in [3.8, 4) is 39.8 Å². The number of carboxylic acids is 1. The van der Waals surface area contributed by atoms with Gasteiger partial charge in [-0.25, -0.2) is 9.97 Å². The number of imidazole rings is 1. The summed E-state index contributed by atoms with van der Waals surface area (Å²) in [7, 11) is 0. The third-order valence-corrected chi connectivity index (χ3v) is 6.07. The van der Waals surface area contributed by atoms with Gasteiger partial charge in [-0.05, 0) is 56.2 Å². The summed E-state index contributed by atoms with van der Waals surface area (Å²) >= 11 is 0. The zero-order valence-electron chi connectivity index (χ0n) is 20.4. The summed E-state index contributed by atoms with van der Waals surface area (Å²) in [6.07, 6.45) is 6.93. The van der Waals surface area contributed by atoms with Crippen LogP contribution in [-0.4, -0.2) is 37.6 Å². The van der Waals surface area contributed by atoms with Crippen LogP contribution < -0.4 is 4.74 Å². The lowest BCUT2D eigenvalue weighted by atomic mass is 9.95. The highest BCUT2D eigenvalue weighted by Crippen LogP contribution is 2.28. The smallest absolute Gasteiger partial charge is 0.312 e. The molecule has 0 aliphatic heterocycles. The van der Waals surface area contributed by atoms with Gasteiger partial charge < -0.3 is 19.2 Å². The van der Waals surface area contributed by atoms with Gasteiger partial charge in [0.15, 0.2) is 6.39 Å². The molecule has 0 spiro atoms. The number of ether oxygens (including phenoxy) is 1. The van der Waals surface area contributed by atoms with E-state index in [9.17, 15) is 9.90 Å². The number of aromatic nitrogens is 4. The average molecular weight is 475 g/mol. The molecule has 3 aromatic heterocycles. The summed E-state index contributed by atoms with van der Waals surface area (Å²) in [6, 6.07) is 11.3. The third kappa shape index (κ3) is 5.59. The highest BCUT2D eigenvalue weighted by molar-refractivity contribution is 5.73. The number of carboxylic acid groups (broad SMARTS) is 1. The maximum absolute atomic E-state index is 11.2. The molecule has 4 rings (SSSR count). The summed E-state index contributed by atoms with van der Waals surface area (Å²) in [4.78, 5) is 28.1.